The summed E-state index contributed by atoms with van der Waals surface area (Å²) in [5.74, 6) is 1.18. The summed E-state index contributed by atoms with van der Waals surface area (Å²) < 4.78 is 0. The Hall–Kier alpha value is -1.10. The summed E-state index contributed by atoms with van der Waals surface area (Å²) in [7, 11) is 0. The number of nitrogens with one attached hydrogen (secondary N) is 1. The molecular formula is C20H35N3O2. The Morgan fingerprint density at radius 1 is 0.760 bits per heavy atom. The third-order valence-corrected chi connectivity index (χ3v) is 6.34. The summed E-state index contributed by atoms with van der Waals surface area (Å²) in [4.78, 5) is 29.2. The number of rotatable bonds is 5. The van der Waals surface area contributed by atoms with Gasteiger partial charge in [-0.3, -0.25) is 14.5 Å². The van der Waals surface area contributed by atoms with Gasteiger partial charge in [-0.2, -0.15) is 0 Å². The van der Waals surface area contributed by atoms with Gasteiger partial charge in [-0.25, -0.2) is 0 Å². The molecule has 5 nitrogen and oxygen atoms in total. The van der Waals surface area contributed by atoms with Crippen LogP contribution in [0.5, 0.6) is 0 Å². The van der Waals surface area contributed by atoms with Crippen molar-refractivity contribution in [2.45, 2.75) is 64.2 Å². The molecule has 2 saturated carbocycles. The summed E-state index contributed by atoms with van der Waals surface area (Å²) in [5, 5.41) is 3.12. The van der Waals surface area contributed by atoms with Crippen molar-refractivity contribution in [2.75, 3.05) is 39.3 Å². The lowest BCUT2D eigenvalue weighted by molar-refractivity contribution is -0.138. The minimum absolute atomic E-state index is 0.249. The van der Waals surface area contributed by atoms with E-state index < -0.39 is 0 Å². The molecule has 0 spiro atoms. The van der Waals surface area contributed by atoms with E-state index in [-0.39, 0.29) is 17.7 Å². The molecule has 2 aliphatic carbocycles. The fourth-order valence-electron chi connectivity index (χ4n) is 4.65. The van der Waals surface area contributed by atoms with E-state index in [1.54, 1.807) is 0 Å². The molecule has 3 fully saturated rings. The van der Waals surface area contributed by atoms with E-state index in [0.29, 0.717) is 5.91 Å². The molecule has 1 saturated heterocycles. The molecule has 0 radical (unpaired) electrons. The number of carbonyl (C=O) groups is 2. The molecule has 0 aromatic rings. The molecule has 0 unspecified atom stereocenters. The van der Waals surface area contributed by atoms with Crippen molar-refractivity contribution in [3.05, 3.63) is 0 Å². The van der Waals surface area contributed by atoms with Gasteiger partial charge in [-0.15, -0.1) is 0 Å². The van der Waals surface area contributed by atoms with Crippen LogP contribution >= 0.6 is 0 Å². The first-order valence-corrected chi connectivity index (χ1v) is 10.5. The molecule has 1 N–H and O–H groups in total. The summed E-state index contributed by atoms with van der Waals surface area (Å²) in [6.45, 7) is 5.24. The summed E-state index contributed by atoms with van der Waals surface area (Å²) in [5.41, 5.74) is 0. The molecule has 5 heteroatoms. The largest absolute Gasteiger partial charge is 0.355 e. The van der Waals surface area contributed by atoms with Gasteiger partial charge in [0.25, 0.3) is 0 Å². The summed E-state index contributed by atoms with van der Waals surface area (Å²) in [6.07, 6.45) is 11.7. The molecule has 2 amide bonds. The highest BCUT2D eigenvalue weighted by molar-refractivity contribution is 5.79. The van der Waals surface area contributed by atoms with Gasteiger partial charge in [-0.1, -0.05) is 38.5 Å². The average molecular weight is 350 g/mol. The van der Waals surface area contributed by atoms with E-state index >= 15 is 0 Å². The van der Waals surface area contributed by atoms with Crippen LogP contribution in [0.4, 0.5) is 0 Å². The molecule has 0 aromatic carbocycles. The van der Waals surface area contributed by atoms with Crippen LogP contribution < -0.4 is 5.32 Å². The van der Waals surface area contributed by atoms with Crippen LogP contribution in [0.2, 0.25) is 0 Å². The van der Waals surface area contributed by atoms with Gasteiger partial charge >= 0.3 is 0 Å². The minimum Gasteiger partial charge on any atom is -0.355 e. The molecule has 1 aliphatic heterocycles. The van der Waals surface area contributed by atoms with Gasteiger partial charge in [0.15, 0.2) is 0 Å². The predicted molar refractivity (Wildman–Crippen MR) is 99.2 cm³/mol. The predicted octanol–water partition coefficient (Wildman–Crippen LogP) is 2.41. The Kier molecular flexibility index (Phi) is 7.14. The Morgan fingerprint density at radius 2 is 1.32 bits per heavy atom. The van der Waals surface area contributed by atoms with Gasteiger partial charge in [0.05, 0.1) is 0 Å². The van der Waals surface area contributed by atoms with Crippen LogP contribution in [0.25, 0.3) is 0 Å². The Balaban J connectivity index is 1.31. The first-order valence-electron chi connectivity index (χ1n) is 10.5. The lowest BCUT2D eigenvalue weighted by atomic mass is 9.88. The Bertz CT molecular complexity index is 431. The van der Waals surface area contributed by atoms with Gasteiger partial charge < -0.3 is 10.2 Å². The van der Waals surface area contributed by atoms with E-state index in [0.717, 1.165) is 65.0 Å². The molecule has 0 bridgehead atoms. The highest BCUT2D eigenvalue weighted by atomic mass is 16.2. The first kappa shape index (κ1) is 18.7. The Morgan fingerprint density at radius 3 is 1.92 bits per heavy atom. The van der Waals surface area contributed by atoms with Crippen molar-refractivity contribution in [3.63, 3.8) is 0 Å². The summed E-state index contributed by atoms with van der Waals surface area (Å²) in [6, 6.07) is 0. The maximum absolute atomic E-state index is 12.6. The van der Waals surface area contributed by atoms with Gasteiger partial charge in [0.2, 0.25) is 11.8 Å². The maximum Gasteiger partial charge on any atom is 0.225 e. The smallest absolute Gasteiger partial charge is 0.225 e. The van der Waals surface area contributed by atoms with Crippen LogP contribution in [-0.4, -0.2) is 60.9 Å². The Labute approximate surface area is 152 Å². The molecule has 1 heterocycles. The third kappa shape index (κ3) is 5.44. The maximum atomic E-state index is 12.6. The first-order chi connectivity index (χ1) is 12.2. The average Bonchev–Trinajstić information content (AvgIpc) is 2.69. The zero-order valence-electron chi connectivity index (χ0n) is 15.7. The molecular weight excluding hydrogens is 314 g/mol. The minimum atomic E-state index is 0.249. The second-order valence-corrected chi connectivity index (χ2v) is 8.13. The standard InChI is InChI=1S/C20H35N3O2/c24-19(17-7-3-1-4-8-17)21-11-12-22-13-15-23(16-14-22)20(25)18-9-5-2-6-10-18/h17-18H,1-16H2,(H,21,24). The highest BCUT2D eigenvalue weighted by Crippen LogP contribution is 2.26. The van der Waals surface area contributed by atoms with Crippen molar-refractivity contribution in [1.82, 2.24) is 15.1 Å². The number of carbonyl (C=O) groups excluding carboxylic acids is 2. The van der Waals surface area contributed by atoms with Crippen LogP contribution in [0, 0.1) is 11.8 Å². The van der Waals surface area contributed by atoms with Crippen LogP contribution in [-0.2, 0) is 9.59 Å². The van der Waals surface area contributed by atoms with Crippen molar-refractivity contribution in [2.24, 2.45) is 11.8 Å². The van der Waals surface area contributed by atoms with Gasteiger partial charge in [0, 0.05) is 51.1 Å². The van der Waals surface area contributed by atoms with Crippen molar-refractivity contribution in [3.8, 4) is 0 Å². The zero-order chi connectivity index (χ0) is 17.5. The second-order valence-electron chi connectivity index (χ2n) is 8.13. The van der Waals surface area contributed by atoms with Crippen LogP contribution in [0.3, 0.4) is 0 Å². The van der Waals surface area contributed by atoms with Crippen molar-refractivity contribution >= 4 is 11.8 Å². The topological polar surface area (TPSA) is 52.7 Å². The molecule has 3 rings (SSSR count). The van der Waals surface area contributed by atoms with Crippen molar-refractivity contribution < 1.29 is 9.59 Å². The van der Waals surface area contributed by atoms with Gasteiger partial charge in [0.1, 0.15) is 0 Å². The number of nitrogens with zero attached hydrogens (tertiary/aromatic N) is 2. The molecule has 142 valence electrons. The van der Waals surface area contributed by atoms with Gasteiger partial charge in [-0.05, 0) is 25.7 Å². The number of hydrogen-bond donors (Lipinski definition) is 1. The lowest BCUT2D eigenvalue weighted by Gasteiger charge is -2.37. The normalized spacial score (nSPS) is 24.2. The molecule has 25 heavy (non-hydrogen) atoms. The van der Waals surface area contributed by atoms with E-state index in [9.17, 15) is 9.59 Å². The highest BCUT2D eigenvalue weighted by Gasteiger charge is 2.28. The van der Waals surface area contributed by atoms with E-state index in [2.05, 4.69) is 15.1 Å². The van der Waals surface area contributed by atoms with E-state index in [1.807, 2.05) is 0 Å². The molecule has 0 aromatic heterocycles. The summed E-state index contributed by atoms with van der Waals surface area (Å²) >= 11 is 0. The van der Waals surface area contributed by atoms with Crippen molar-refractivity contribution in [1.29, 1.82) is 0 Å². The van der Waals surface area contributed by atoms with Crippen LogP contribution in [0.15, 0.2) is 0 Å². The van der Waals surface area contributed by atoms with Crippen LogP contribution in [0.1, 0.15) is 64.2 Å². The molecule has 3 aliphatic rings. The quantitative estimate of drug-likeness (QED) is 0.829. The monoisotopic (exact) mass is 349 g/mol. The number of piperazine rings is 1. The third-order valence-electron chi connectivity index (χ3n) is 6.34. The molecule has 0 atom stereocenters. The zero-order valence-corrected chi connectivity index (χ0v) is 15.7. The lowest BCUT2D eigenvalue weighted by Crippen LogP contribution is -2.52. The van der Waals surface area contributed by atoms with E-state index in [4.69, 9.17) is 0 Å². The SMILES string of the molecule is O=C(NCCN1CCN(C(=O)C2CCCCC2)CC1)C1CCCCC1. The van der Waals surface area contributed by atoms with E-state index in [1.165, 1.54) is 38.5 Å². The fourth-order valence-corrected chi connectivity index (χ4v) is 4.65. The fraction of sp³-hybridized carbons (Fsp3) is 0.900. The second kappa shape index (κ2) is 9.56. The number of hydrogen-bond acceptors (Lipinski definition) is 3. The number of amides is 2.